The second-order valence-corrected chi connectivity index (χ2v) is 8.15. The molecule has 162 valence electrons. The minimum atomic E-state index is 0.115. The molecule has 3 nitrogen and oxygen atoms in total. The van der Waals surface area contributed by atoms with E-state index >= 15 is 0 Å². The smallest absolute Gasteiger partial charge is 0.221 e. The summed E-state index contributed by atoms with van der Waals surface area (Å²) in [5, 5.41) is 2.73. The summed E-state index contributed by atoms with van der Waals surface area (Å²) in [4.78, 5) is 11.4. The van der Waals surface area contributed by atoms with Gasteiger partial charge in [-0.25, -0.2) is 0 Å². The third kappa shape index (κ3) is 23.4. The maximum absolute atomic E-state index is 11.4. The van der Waals surface area contributed by atoms with Crippen LogP contribution >= 0.6 is 0 Å². The molecule has 0 radical (unpaired) electrons. The molecule has 0 aliphatic heterocycles. The molecule has 1 amide bonds. The van der Waals surface area contributed by atoms with Crippen LogP contribution < -0.4 is 5.32 Å². The van der Waals surface area contributed by atoms with Crippen molar-refractivity contribution >= 4 is 5.91 Å². The summed E-state index contributed by atoms with van der Waals surface area (Å²) in [6, 6.07) is 0. The molecule has 0 aromatic heterocycles. The van der Waals surface area contributed by atoms with Gasteiger partial charge in [-0.3, -0.25) is 4.79 Å². The Balaban J connectivity index is 3.04. The van der Waals surface area contributed by atoms with Crippen molar-refractivity contribution in [2.45, 2.75) is 135 Å². The van der Waals surface area contributed by atoms with Crippen molar-refractivity contribution in [1.29, 1.82) is 0 Å². The molecule has 0 spiro atoms. The monoisotopic (exact) mass is 383 g/mol. The minimum Gasteiger partial charge on any atom is -0.364 e. The highest BCUT2D eigenvalue weighted by molar-refractivity contribution is 5.75. The van der Waals surface area contributed by atoms with Crippen molar-refractivity contribution in [3.63, 3.8) is 0 Å². The Morgan fingerprint density at radius 2 is 0.926 bits per heavy atom. The summed E-state index contributed by atoms with van der Waals surface area (Å²) in [5.41, 5.74) is 0. The van der Waals surface area contributed by atoms with Crippen LogP contribution in [0, 0.1) is 0 Å². The van der Waals surface area contributed by atoms with Gasteiger partial charge in [-0.15, -0.1) is 0 Å². The quantitative estimate of drug-likeness (QED) is 0.155. The van der Waals surface area contributed by atoms with Gasteiger partial charge in [0.15, 0.2) is 0 Å². The Bertz CT molecular complexity index is 294. The Labute approximate surface area is 170 Å². The van der Waals surface area contributed by atoms with E-state index in [1.807, 2.05) is 0 Å². The fourth-order valence-corrected chi connectivity index (χ4v) is 3.61. The fraction of sp³-hybridized carbons (Fsp3) is 0.958. The summed E-state index contributed by atoms with van der Waals surface area (Å²) >= 11 is 0. The average molecular weight is 384 g/mol. The van der Waals surface area contributed by atoms with Gasteiger partial charge in [0.2, 0.25) is 5.91 Å². The lowest BCUT2D eigenvalue weighted by atomic mass is 10.0. The van der Waals surface area contributed by atoms with Crippen molar-refractivity contribution in [2.75, 3.05) is 13.8 Å². The fourth-order valence-electron chi connectivity index (χ4n) is 3.61. The third-order valence-electron chi connectivity index (χ3n) is 5.42. The van der Waals surface area contributed by atoms with Crippen LogP contribution in [0.3, 0.4) is 0 Å². The van der Waals surface area contributed by atoms with Crippen LogP contribution in [-0.4, -0.2) is 19.7 Å². The Morgan fingerprint density at radius 1 is 0.593 bits per heavy atom. The van der Waals surface area contributed by atoms with Gasteiger partial charge in [0.25, 0.3) is 0 Å². The molecule has 0 aromatic carbocycles. The van der Waals surface area contributed by atoms with Crippen LogP contribution in [0.1, 0.15) is 135 Å². The molecule has 0 fully saturated rings. The second-order valence-electron chi connectivity index (χ2n) is 8.15. The number of ether oxygens (including phenoxy) is 1. The van der Waals surface area contributed by atoms with Crippen LogP contribution in [0.25, 0.3) is 0 Å². The van der Waals surface area contributed by atoms with Crippen molar-refractivity contribution in [3.8, 4) is 0 Å². The highest BCUT2D eigenvalue weighted by Crippen LogP contribution is 2.14. The number of hydrogen-bond donors (Lipinski definition) is 1. The number of hydrogen-bond acceptors (Lipinski definition) is 2. The SMILES string of the molecule is CCCCCCCCCCCCCCCCCCCCCC(=O)NCOC. The first-order valence-electron chi connectivity index (χ1n) is 12.1. The van der Waals surface area contributed by atoms with Gasteiger partial charge in [-0.2, -0.15) is 0 Å². The number of nitrogens with one attached hydrogen (secondary N) is 1. The largest absolute Gasteiger partial charge is 0.364 e. The Morgan fingerprint density at radius 3 is 1.26 bits per heavy atom. The molecule has 0 atom stereocenters. The van der Waals surface area contributed by atoms with E-state index in [-0.39, 0.29) is 5.91 Å². The highest BCUT2D eigenvalue weighted by atomic mass is 16.5. The molecule has 0 unspecified atom stereocenters. The number of rotatable bonds is 22. The highest BCUT2D eigenvalue weighted by Gasteiger charge is 1.99. The molecule has 0 aliphatic rings. The van der Waals surface area contributed by atoms with Crippen molar-refractivity contribution in [2.24, 2.45) is 0 Å². The van der Waals surface area contributed by atoms with Gasteiger partial charge < -0.3 is 10.1 Å². The standard InChI is InChI=1S/C24H49NO2/c1-3-4-5-6-7-8-9-10-11-12-13-14-15-16-17-18-19-20-21-22-24(26)25-23-27-2/h3-23H2,1-2H3,(H,25,26). The summed E-state index contributed by atoms with van der Waals surface area (Å²) in [7, 11) is 1.59. The molecule has 27 heavy (non-hydrogen) atoms. The molecule has 0 saturated heterocycles. The first-order valence-corrected chi connectivity index (χ1v) is 12.1. The number of methoxy groups -OCH3 is 1. The van der Waals surface area contributed by atoms with Gasteiger partial charge in [-0.05, 0) is 6.42 Å². The van der Waals surface area contributed by atoms with E-state index in [0.29, 0.717) is 13.2 Å². The van der Waals surface area contributed by atoms with E-state index in [9.17, 15) is 4.79 Å². The second kappa shape index (κ2) is 23.5. The summed E-state index contributed by atoms with van der Waals surface area (Å²) in [5.74, 6) is 0.115. The zero-order valence-electron chi connectivity index (χ0n) is 18.7. The van der Waals surface area contributed by atoms with Crippen LogP contribution in [0.2, 0.25) is 0 Å². The number of carbonyl (C=O) groups is 1. The lowest BCUT2D eigenvalue weighted by Gasteiger charge is -2.04. The predicted octanol–water partition coefficient (Wildman–Crippen LogP) is 7.53. The molecule has 1 N–H and O–H groups in total. The minimum absolute atomic E-state index is 0.115. The normalized spacial score (nSPS) is 11.0. The molecule has 3 heteroatoms. The first kappa shape index (κ1) is 26.4. The summed E-state index contributed by atoms with van der Waals surface area (Å²) < 4.78 is 4.82. The molecule has 0 aliphatic carbocycles. The molecular formula is C24H49NO2. The van der Waals surface area contributed by atoms with Gasteiger partial charge in [-0.1, -0.05) is 122 Å². The van der Waals surface area contributed by atoms with Gasteiger partial charge in [0.1, 0.15) is 6.73 Å². The van der Waals surface area contributed by atoms with Crippen LogP contribution in [-0.2, 0) is 9.53 Å². The maximum atomic E-state index is 11.4. The Hall–Kier alpha value is -0.570. The zero-order chi connectivity index (χ0) is 19.8. The van der Waals surface area contributed by atoms with Crippen molar-refractivity contribution < 1.29 is 9.53 Å². The number of amides is 1. The molecule has 0 heterocycles. The van der Waals surface area contributed by atoms with Crippen LogP contribution in [0.4, 0.5) is 0 Å². The molecular weight excluding hydrogens is 334 g/mol. The topological polar surface area (TPSA) is 38.3 Å². The van der Waals surface area contributed by atoms with E-state index in [1.54, 1.807) is 7.11 Å². The van der Waals surface area contributed by atoms with Crippen molar-refractivity contribution in [3.05, 3.63) is 0 Å². The van der Waals surface area contributed by atoms with Gasteiger partial charge >= 0.3 is 0 Å². The number of unbranched alkanes of at least 4 members (excludes halogenated alkanes) is 18. The van der Waals surface area contributed by atoms with E-state index in [1.165, 1.54) is 116 Å². The maximum Gasteiger partial charge on any atom is 0.221 e. The first-order chi connectivity index (χ1) is 13.3. The van der Waals surface area contributed by atoms with Crippen LogP contribution in [0.15, 0.2) is 0 Å². The van der Waals surface area contributed by atoms with Gasteiger partial charge in [0.05, 0.1) is 0 Å². The molecule has 0 bridgehead atoms. The summed E-state index contributed by atoms with van der Waals surface area (Å²) in [6.45, 7) is 2.62. The average Bonchev–Trinajstić information content (AvgIpc) is 2.68. The molecule has 0 aromatic rings. The van der Waals surface area contributed by atoms with E-state index < -0.39 is 0 Å². The zero-order valence-corrected chi connectivity index (χ0v) is 18.7. The Kier molecular flexibility index (Phi) is 23.0. The van der Waals surface area contributed by atoms with E-state index in [4.69, 9.17) is 4.74 Å². The predicted molar refractivity (Wildman–Crippen MR) is 118 cm³/mol. The molecule has 0 saturated carbocycles. The van der Waals surface area contributed by atoms with E-state index in [2.05, 4.69) is 12.2 Å². The third-order valence-corrected chi connectivity index (χ3v) is 5.42. The summed E-state index contributed by atoms with van der Waals surface area (Å²) in [6.07, 6.45) is 26.9. The van der Waals surface area contributed by atoms with Gasteiger partial charge in [0, 0.05) is 13.5 Å². The number of carbonyl (C=O) groups excluding carboxylic acids is 1. The van der Waals surface area contributed by atoms with Crippen molar-refractivity contribution in [1.82, 2.24) is 5.32 Å². The molecule has 0 rings (SSSR count). The van der Waals surface area contributed by atoms with Crippen LogP contribution in [0.5, 0.6) is 0 Å². The lowest BCUT2D eigenvalue weighted by Crippen LogP contribution is -2.24. The lowest BCUT2D eigenvalue weighted by molar-refractivity contribution is -0.122. The van der Waals surface area contributed by atoms with E-state index in [0.717, 1.165) is 6.42 Å².